The molecule has 0 fully saturated rings. The molecule has 8 heteroatoms. The topological polar surface area (TPSA) is 94.2 Å². The molecule has 1 N–H and O–H groups in total. The molecule has 0 aliphatic carbocycles. The van der Waals surface area contributed by atoms with E-state index in [0.717, 1.165) is 11.1 Å². The zero-order valence-corrected chi connectivity index (χ0v) is 18.7. The predicted octanol–water partition coefficient (Wildman–Crippen LogP) is 3.23. The monoisotopic (exact) mass is 460 g/mol. The predicted molar refractivity (Wildman–Crippen MR) is 125 cm³/mol. The summed E-state index contributed by atoms with van der Waals surface area (Å²) in [6, 6.07) is 21.8. The van der Waals surface area contributed by atoms with Crippen LogP contribution in [0.3, 0.4) is 0 Å². The molecule has 0 saturated heterocycles. The van der Waals surface area contributed by atoms with E-state index >= 15 is 0 Å². The second kappa shape index (κ2) is 10.5. The number of carbonyl (C=O) groups excluding carboxylic acids is 3. The van der Waals surface area contributed by atoms with Crippen LogP contribution in [0.5, 0.6) is 11.5 Å². The number of aryl methyl sites for hydroxylation is 1. The fourth-order valence-electron chi connectivity index (χ4n) is 3.45. The van der Waals surface area contributed by atoms with E-state index < -0.39 is 18.5 Å². The second-order valence-corrected chi connectivity index (χ2v) is 7.72. The fourth-order valence-corrected chi connectivity index (χ4v) is 3.45. The number of amides is 2. The molecule has 0 spiro atoms. The van der Waals surface area contributed by atoms with E-state index in [0.29, 0.717) is 29.3 Å². The van der Waals surface area contributed by atoms with Gasteiger partial charge in [-0.2, -0.15) is 0 Å². The first-order chi connectivity index (χ1) is 16.5. The quantitative estimate of drug-likeness (QED) is 0.519. The molecule has 4 rings (SSSR count). The van der Waals surface area contributed by atoms with Crippen LogP contribution in [0, 0.1) is 6.92 Å². The summed E-state index contributed by atoms with van der Waals surface area (Å²) in [5.74, 6) is -0.526. The van der Waals surface area contributed by atoms with Crippen LogP contribution < -0.4 is 19.7 Å². The lowest BCUT2D eigenvalue weighted by molar-refractivity contribution is -0.146. The number of nitrogens with one attached hydrogen (secondary N) is 1. The van der Waals surface area contributed by atoms with E-state index in [4.69, 9.17) is 14.2 Å². The third-order valence-electron chi connectivity index (χ3n) is 5.18. The van der Waals surface area contributed by atoms with Gasteiger partial charge in [-0.15, -0.1) is 0 Å². The van der Waals surface area contributed by atoms with Crippen molar-refractivity contribution in [3.8, 4) is 11.5 Å². The third-order valence-corrected chi connectivity index (χ3v) is 5.18. The highest BCUT2D eigenvalue weighted by Crippen LogP contribution is 2.32. The molecule has 8 nitrogen and oxygen atoms in total. The van der Waals surface area contributed by atoms with Gasteiger partial charge >= 0.3 is 5.97 Å². The van der Waals surface area contributed by atoms with Crippen molar-refractivity contribution in [2.45, 2.75) is 13.5 Å². The van der Waals surface area contributed by atoms with Gasteiger partial charge in [0.15, 0.2) is 18.1 Å². The number of hydrogen-bond donors (Lipinski definition) is 1. The Morgan fingerprint density at radius 1 is 0.941 bits per heavy atom. The highest BCUT2D eigenvalue weighted by atomic mass is 16.7. The minimum absolute atomic E-state index is 0.102. The summed E-state index contributed by atoms with van der Waals surface area (Å²) in [4.78, 5) is 39.1. The van der Waals surface area contributed by atoms with Crippen LogP contribution in [0.15, 0.2) is 72.8 Å². The maximum absolute atomic E-state index is 13.0. The summed E-state index contributed by atoms with van der Waals surface area (Å²) in [5.41, 5.74) is 2.98. The van der Waals surface area contributed by atoms with Gasteiger partial charge in [0.25, 0.3) is 11.8 Å². The lowest BCUT2D eigenvalue weighted by atomic mass is 10.1. The Labute approximate surface area is 197 Å². The maximum atomic E-state index is 13.0. The number of carbonyl (C=O) groups is 3. The first-order valence-corrected chi connectivity index (χ1v) is 10.7. The lowest BCUT2D eigenvalue weighted by Crippen LogP contribution is -2.36. The Bertz CT molecular complexity index is 1190. The molecule has 0 radical (unpaired) electrons. The highest BCUT2D eigenvalue weighted by molar-refractivity contribution is 5.97. The summed E-state index contributed by atoms with van der Waals surface area (Å²) in [5, 5.41) is 2.49. The van der Waals surface area contributed by atoms with Gasteiger partial charge in [0, 0.05) is 11.3 Å². The minimum Gasteiger partial charge on any atom is -0.454 e. The highest BCUT2D eigenvalue weighted by Gasteiger charge is 2.20. The summed E-state index contributed by atoms with van der Waals surface area (Å²) in [6.07, 6.45) is 0. The van der Waals surface area contributed by atoms with Gasteiger partial charge in [-0.25, -0.2) is 0 Å². The molecule has 1 aliphatic rings. The number of fused-ring (bicyclic) bond motifs is 1. The fraction of sp³-hybridized carbons (Fsp3) is 0.192. The van der Waals surface area contributed by atoms with E-state index in [-0.39, 0.29) is 19.2 Å². The van der Waals surface area contributed by atoms with Crippen LogP contribution in [0.4, 0.5) is 5.69 Å². The summed E-state index contributed by atoms with van der Waals surface area (Å²) in [7, 11) is 0. The summed E-state index contributed by atoms with van der Waals surface area (Å²) >= 11 is 0. The number of hydrogen-bond acceptors (Lipinski definition) is 6. The van der Waals surface area contributed by atoms with Gasteiger partial charge in [0.05, 0.1) is 6.54 Å². The number of nitrogens with zero attached hydrogens (tertiary/aromatic N) is 1. The zero-order valence-electron chi connectivity index (χ0n) is 18.7. The molecular weight excluding hydrogens is 436 g/mol. The van der Waals surface area contributed by atoms with Crippen molar-refractivity contribution < 1.29 is 28.6 Å². The average molecular weight is 460 g/mol. The molecule has 0 saturated carbocycles. The molecule has 3 aromatic rings. The number of esters is 1. The molecule has 0 bridgehead atoms. The molecule has 174 valence electrons. The first-order valence-electron chi connectivity index (χ1n) is 10.7. The van der Waals surface area contributed by atoms with Crippen molar-refractivity contribution in [1.82, 2.24) is 5.32 Å². The molecule has 34 heavy (non-hydrogen) atoms. The number of anilines is 1. The Morgan fingerprint density at radius 3 is 2.53 bits per heavy atom. The molecule has 0 unspecified atom stereocenters. The van der Waals surface area contributed by atoms with E-state index in [1.165, 1.54) is 6.07 Å². The number of ether oxygens (including phenoxy) is 3. The van der Waals surface area contributed by atoms with Crippen LogP contribution in [0.2, 0.25) is 0 Å². The van der Waals surface area contributed by atoms with Gasteiger partial charge in [-0.05, 0) is 48.4 Å². The third kappa shape index (κ3) is 5.72. The Balaban J connectivity index is 1.33. The van der Waals surface area contributed by atoms with Crippen molar-refractivity contribution in [3.05, 3.63) is 89.5 Å². The molecule has 1 aliphatic heterocycles. The van der Waals surface area contributed by atoms with E-state index in [9.17, 15) is 14.4 Å². The Morgan fingerprint density at radius 2 is 1.74 bits per heavy atom. The zero-order chi connectivity index (χ0) is 23.9. The second-order valence-electron chi connectivity index (χ2n) is 7.72. The molecule has 3 aromatic carbocycles. The Kier molecular flexibility index (Phi) is 7.07. The molecule has 0 aromatic heterocycles. The van der Waals surface area contributed by atoms with Crippen molar-refractivity contribution in [2.75, 3.05) is 24.8 Å². The van der Waals surface area contributed by atoms with Gasteiger partial charge in [-0.3, -0.25) is 14.4 Å². The summed E-state index contributed by atoms with van der Waals surface area (Å²) in [6.45, 7) is 1.56. The molecule has 2 amide bonds. The first kappa shape index (κ1) is 22.8. The normalized spacial score (nSPS) is 11.6. The van der Waals surface area contributed by atoms with Crippen molar-refractivity contribution in [2.24, 2.45) is 0 Å². The van der Waals surface area contributed by atoms with Crippen molar-refractivity contribution in [3.63, 3.8) is 0 Å². The van der Waals surface area contributed by atoms with Crippen LogP contribution in [0.25, 0.3) is 0 Å². The largest absolute Gasteiger partial charge is 0.454 e. The summed E-state index contributed by atoms with van der Waals surface area (Å²) < 4.78 is 15.6. The van der Waals surface area contributed by atoms with Crippen molar-refractivity contribution >= 4 is 23.5 Å². The minimum atomic E-state index is -0.716. The van der Waals surface area contributed by atoms with Gasteiger partial charge in [0.2, 0.25) is 6.79 Å². The van der Waals surface area contributed by atoms with Gasteiger partial charge in [0.1, 0.15) is 6.54 Å². The van der Waals surface area contributed by atoms with E-state index in [1.807, 2.05) is 61.5 Å². The van der Waals surface area contributed by atoms with Crippen LogP contribution in [-0.2, 0) is 20.9 Å². The van der Waals surface area contributed by atoms with Gasteiger partial charge < -0.3 is 24.4 Å². The Hall–Kier alpha value is -4.33. The maximum Gasteiger partial charge on any atom is 0.325 e. The SMILES string of the molecule is Cc1cccc(N(Cc2ccccc2)C(=O)COC(=O)CNC(=O)c2ccc3c(c2)OCO3)c1. The molecular formula is C26H24N2O6. The number of rotatable bonds is 8. The average Bonchev–Trinajstić information content (AvgIpc) is 3.33. The lowest BCUT2D eigenvalue weighted by Gasteiger charge is -2.23. The number of benzene rings is 3. The smallest absolute Gasteiger partial charge is 0.325 e. The van der Waals surface area contributed by atoms with Crippen LogP contribution in [0.1, 0.15) is 21.5 Å². The van der Waals surface area contributed by atoms with Crippen molar-refractivity contribution in [1.29, 1.82) is 0 Å². The van der Waals surface area contributed by atoms with Gasteiger partial charge in [-0.1, -0.05) is 42.5 Å². The molecule has 1 heterocycles. The molecule has 0 atom stereocenters. The van der Waals surface area contributed by atoms with E-state index in [1.54, 1.807) is 17.0 Å². The van der Waals surface area contributed by atoms with Crippen LogP contribution in [-0.4, -0.2) is 37.7 Å². The van der Waals surface area contributed by atoms with E-state index in [2.05, 4.69) is 5.32 Å². The van der Waals surface area contributed by atoms with Crippen LogP contribution >= 0.6 is 0 Å². The standard InChI is InChI=1S/C26H24N2O6/c1-18-6-5-9-21(12-18)28(15-19-7-3-2-4-8-19)24(29)16-32-25(30)14-27-26(31)20-10-11-22-23(13-20)34-17-33-22/h2-13H,14-17H2,1H3,(H,27,31).